The molecule has 0 saturated heterocycles. The van der Waals surface area contributed by atoms with Crippen LogP contribution < -0.4 is 5.32 Å². The number of amides is 1. The van der Waals surface area contributed by atoms with Crippen LogP contribution in [0.1, 0.15) is 32.6 Å². The Bertz CT molecular complexity index is 878. The Balaban J connectivity index is 2.01. The van der Waals surface area contributed by atoms with Gasteiger partial charge in [-0.15, -0.1) is 0 Å². The average Bonchev–Trinajstić information content (AvgIpc) is 2.57. The Labute approximate surface area is 156 Å². The molecule has 5 nitrogen and oxygen atoms in total. The fraction of sp³-hybridized carbons (Fsp3) is 0.350. The minimum atomic E-state index is -3.48. The van der Waals surface area contributed by atoms with Gasteiger partial charge in [0.2, 0.25) is 10.0 Å². The number of rotatable bonds is 6. The van der Waals surface area contributed by atoms with E-state index in [2.05, 4.69) is 38.2 Å². The van der Waals surface area contributed by atoms with E-state index >= 15 is 0 Å². The van der Waals surface area contributed by atoms with Gasteiger partial charge >= 0.3 is 0 Å². The molecule has 0 fully saturated rings. The predicted octanol–water partition coefficient (Wildman–Crippen LogP) is 2.83. The number of hydrogen-bond acceptors (Lipinski definition) is 3. The third kappa shape index (κ3) is 4.51. The zero-order valence-electron chi connectivity index (χ0n) is 16.0. The molecule has 0 aliphatic carbocycles. The zero-order valence-corrected chi connectivity index (χ0v) is 16.8. The molecule has 2 aromatic rings. The van der Waals surface area contributed by atoms with E-state index in [1.807, 2.05) is 0 Å². The number of sulfonamides is 1. The monoisotopic (exact) mass is 374 g/mol. The van der Waals surface area contributed by atoms with Crippen LogP contribution in [0.25, 0.3) is 0 Å². The average molecular weight is 375 g/mol. The smallest absolute Gasteiger partial charge is 0.251 e. The van der Waals surface area contributed by atoms with Crippen molar-refractivity contribution < 1.29 is 13.2 Å². The lowest BCUT2D eigenvalue weighted by Crippen LogP contribution is -2.26. The van der Waals surface area contributed by atoms with Crippen LogP contribution in [0.3, 0.4) is 0 Å². The number of hydrogen-bond donors (Lipinski definition) is 1. The van der Waals surface area contributed by atoms with Crippen LogP contribution in [0.5, 0.6) is 0 Å². The molecular weight excluding hydrogens is 348 g/mol. The minimum absolute atomic E-state index is 0.171. The summed E-state index contributed by atoms with van der Waals surface area (Å²) in [5, 5.41) is 2.90. The molecule has 1 amide bonds. The van der Waals surface area contributed by atoms with Crippen LogP contribution in [-0.4, -0.2) is 39.3 Å². The molecule has 1 N–H and O–H groups in total. The van der Waals surface area contributed by atoms with Crippen molar-refractivity contribution in [3.63, 3.8) is 0 Å². The molecule has 0 aliphatic heterocycles. The standard InChI is InChI=1S/C20H26N2O3S/c1-14-12-15(2)19(16(3)13-14)10-11-21-20(23)17-6-8-18(9-7-17)26(24,25)22(4)5/h6-9,12-13H,10-11H2,1-5H3,(H,21,23). The first-order chi connectivity index (χ1) is 12.1. The summed E-state index contributed by atoms with van der Waals surface area (Å²) in [6, 6.07) is 10.3. The summed E-state index contributed by atoms with van der Waals surface area (Å²) in [5.41, 5.74) is 5.40. The first-order valence-corrected chi connectivity index (χ1v) is 9.94. The van der Waals surface area contributed by atoms with Gasteiger partial charge in [-0.3, -0.25) is 4.79 Å². The largest absolute Gasteiger partial charge is 0.352 e. The van der Waals surface area contributed by atoms with Crippen molar-refractivity contribution in [2.24, 2.45) is 0 Å². The molecule has 26 heavy (non-hydrogen) atoms. The molecule has 0 spiro atoms. The highest BCUT2D eigenvalue weighted by atomic mass is 32.2. The van der Waals surface area contributed by atoms with E-state index in [0.717, 1.165) is 10.7 Å². The Hall–Kier alpha value is -2.18. The van der Waals surface area contributed by atoms with Gasteiger partial charge in [-0.1, -0.05) is 17.7 Å². The van der Waals surface area contributed by atoms with Gasteiger partial charge in [0.15, 0.2) is 0 Å². The third-order valence-electron chi connectivity index (χ3n) is 4.40. The molecule has 2 aromatic carbocycles. The highest BCUT2D eigenvalue weighted by Gasteiger charge is 2.17. The van der Waals surface area contributed by atoms with Crippen LogP contribution in [0.2, 0.25) is 0 Å². The molecule has 2 rings (SSSR count). The second-order valence-electron chi connectivity index (χ2n) is 6.69. The molecule has 0 saturated carbocycles. The maximum Gasteiger partial charge on any atom is 0.251 e. The van der Waals surface area contributed by atoms with Crippen molar-refractivity contribution in [3.8, 4) is 0 Å². The lowest BCUT2D eigenvalue weighted by Gasteiger charge is -2.13. The van der Waals surface area contributed by atoms with E-state index in [0.29, 0.717) is 12.1 Å². The van der Waals surface area contributed by atoms with Crippen molar-refractivity contribution in [2.75, 3.05) is 20.6 Å². The molecule has 0 heterocycles. The van der Waals surface area contributed by atoms with Crippen LogP contribution in [0, 0.1) is 20.8 Å². The SMILES string of the molecule is Cc1cc(C)c(CCNC(=O)c2ccc(S(=O)(=O)N(C)C)cc2)c(C)c1. The number of carbonyl (C=O) groups is 1. The van der Waals surface area contributed by atoms with Gasteiger partial charge < -0.3 is 5.32 Å². The lowest BCUT2D eigenvalue weighted by atomic mass is 9.97. The number of nitrogens with zero attached hydrogens (tertiary/aromatic N) is 1. The summed E-state index contributed by atoms with van der Waals surface area (Å²) in [6.45, 7) is 6.77. The Kier molecular flexibility index (Phi) is 6.21. The van der Waals surface area contributed by atoms with E-state index in [1.165, 1.54) is 60.6 Å². The van der Waals surface area contributed by atoms with E-state index in [1.54, 1.807) is 0 Å². The van der Waals surface area contributed by atoms with Crippen molar-refractivity contribution in [1.82, 2.24) is 9.62 Å². The highest BCUT2D eigenvalue weighted by molar-refractivity contribution is 7.89. The minimum Gasteiger partial charge on any atom is -0.352 e. The molecule has 6 heteroatoms. The number of benzene rings is 2. The summed E-state index contributed by atoms with van der Waals surface area (Å²) in [7, 11) is -0.529. The summed E-state index contributed by atoms with van der Waals surface area (Å²) < 4.78 is 25.3. The van der Waals surface area contributed by atoms with Crippen LogP contribution in [0.15, 0.2) is 41.3 Å². The maximum atomic E-state index is 12.3. The summed E-state index contributed by atoms with van der Waals surface area (Å²) >= 11 is 0. The Morgan fingerprint density at radius 3 is 2.04 bits per heavy atom. The molecule has 0 radical (unpaired) electrons. The topological polar surface area (TPSA) is 66.5 Å². The summed E-state index contributed by atoms with van der Waals surface area (Å²) in [6.07, 6.45) is 0.761. The molecular formula is C20H26N2O3S. The van der Waals surface area contributed by atoms with Crippen molar-refractivity contribution in [2.45, 2.75) is 32.1 Å². The molecule has 0 atom stereocenters. The molecule has 0 bridgehead atoms. The van der Waals surface area contributed by atoms with Crippen LogP contribution >= 0.6 is 0 Å². The van der Waals surface area contributed by atoms with Crippen LogP contribution in [-0.2, 0) is 16.4 Å². The first kappa shape index (κ1) is 20.1. The van der Waals surface area contributed by atoms with Crippen molar-refractivity contribution in [1.29, 1.82) is 0 Å². The lowest BCUT2D eigenvalue weighted by molar-refractivity contribution is 0.0954. The van der Waals surface area contributed by atoms with Crippen molar-refractivity contribution in [3.05, 3.63) is 64.2 Å². The molecule has 140 valence electrons. The third-order valence-corrected chi connectivity index (χ3v) is 6.23. The number of nitrogens with one attached hydrogen (secondary N) is 1. The fourth-order valence-electron chi connectivity index (χ4n) is 3.00. The van der Waals surface area contributed by atoms with Gasteiger partial charge in [0, 0.05) is 26.2 Å². The molecule has 0 aliphatic rings. The van der Waals surface area contributed by atoms with E-state index in [-0.39, 0.29) is 10.8 Å². The predicted molar refractivity (Wildman–Crippen MR) is 104 cm³/mol. The van der Waals surface area contributed by atoms with E-state index in [9.17, 15) is 13.2 Å². The molecule has 0 aromatic heterocycles. The Morgan fingerprint density at radius 1 is 1.00 bits per heavy atom. The quantitative estimate of drug-likeness (QED) is 0.845. The first-order valence-electron chi connectivity index (χ1n) is 8.50. The summed E-state index contributed by atoms with van der Waals surface area (Å²) in [5.74, 6) is -0.207. The second kappa shape index (κ2) is 8.01. The van der Waals surface area contributed by atoms with Gasteiger partial charge in [-0.2, -0.15) is 0 Å². The van der Waals surface area contributed by atoms with Crippen molar-refractivity contribution >= 4 is 15.9 Å². The van der Waals surface area contributed by atoms with Gasteiger partial charge in [0.1, 0.15) is 0 Å². The van der Waals surface area contributed by atoms with Crippen LogP contribution in [0.4, 0.5) is 0 Å². The number of aryl methyl sites for hydroxylation is 3. The summed E-state index contributed by atoms with van der Waals surface area (Å²) in [4.78, 5) is 12.5. The maximum absolute atomic E-state index is 12.3. The molecule has 0 unspecified atom stereocenters. The van der Waals surface area contributed by atoms with E-state index < -0.39 is 10.0 Å². The fourth-order valence-corrected chi connectivity index (χ4v) is 3.90. The van der Waals surface area contributed by atoms with Gasteiger partial charge in [0.05, 0.1) is 4.90 Å². The second-order valence-corrected chi connectivity index (χ2v) is 8.85. The van der Waals surface area contributed by atoms with Gasteiger partial charge in [-0.25, -0.2) is 12.7 Å². The van der Waals surface area contributed by atoms with Gasteiger partial charge in [0.25, 0.3) is 5.91 Å². The van der Waals surface area contributed by atoms with E-state index in [4.69, 9.17) is 0 Å². The zero-order chi connectivity index (χ0) is 19.5. The van der Waals surface area contributed by atoms with Gasteiger partial charge in [-0.05, 0) is 68.1 Å². The normalized spacial score (nSPS) is 11.6. The number of carbonyl (C=O) groups excluding carboxylic acids is 1. The highest BCUT2D eigenvalue weighted by Crippen LogP contribution is 2.17. The Morgan fingerprint density at radius 2 is 1.54 bits per heavy atom.